The molecule has 2 N–H and O–H groups in total. The van der Waals surface area contributed by atoms with Gasteiger partial charge in [0.15, 0.2) is 5.75 Å². The number of aromatic carboxylic acids is 1. The van der Waals surface area contributed by atoms with Crippen LogP contribution in [-0.2, 0) is 0 Å². The Morgan fingerprint density at radius 3 is 1.86 bits per heavy atom. The summed E-state index contributed by atoms with van der Waals surface area (Å²) >= 11 is 22.2. The topological polar surface area (TPSA) is 57.5 Å². The molecule has 0 spiro atoms. The van der Waals surface area contributed by atoms with Gasteiger partial charge in [0.2, 0.25) is 0 Å². The van der Waals surface area contributed by atoms with E-state index in [0.29, 0.717) is 0 Å². The largest absolute Gasteiger partial charge is 0.505 e. The SMILES string of the molecule is O=C(O)c1c(Cl)c(O)c(Cl)c(Cl)c1Cl. The zero-order chi connectivity index (χ0) is 11.0. The zero-order valence-electron chi connectivity index (χ0n) is 6.31. The average Bonchev–Trinajstić information content (AvgIpc) is 2.11. The van der Waals surface area contributed by atoms with E-state index in [-0.39, 0.29) is 15.1 Å². The van der Waals surface area contributed by atoms with Crippen LogP contribution in [0.1, 0.15) is 10.4 Å². The fourth-order valence-corrected chi connectivity index (χ4v) is 1.87. The molecule has 0 unspecified atom stereocenters. The van der Waals surface area contributed by atoms with Gasteiger partial charge in [-0.25, -0.2) is 4.79 Å². The third-order valence-electron chi connectivity index (χ3n) is 1.45. The highest BCUT2D eigenvalue weighted by Gasteiger charge is 2.23. The molecule has 0 aliphatic rings. The Bertz CT molecular complexity index is 387. The summed E-state index contributed by atoms with van der Waals surface area (Å²) in [5.41, 5.74) is -0.472. The van der Waals surface area contributed by atoms with E-state index in [1.807, 2.05) is 0 Å². The first kappa shape index (κ1) is 11.7. The molecular weight excluding hydrogens is 274 g/mol. The molecule has 0 saturated carbocycles. The minimum Gasteiger partial charge on any atom is -0.505 e. The Morgan fingerprint density at radius 1 is 0.929 bits per heavy atom. The van der Waals surface area contributed by atoms with Crippen LogP contribution in [0.25, 0.3) is 0 Å². The van der Waals surface area contributed by atoms with E-state index in [1.54, 1.807) is 0 Å². The number of carboxylic acid groups (broad SMARTS) is 1. The van der Waals surface area contributed by atoms with E-state index in [0.717, 1.165) is 0 Å². The lowest BCUT2D eigenvalue weighted by Crippen LogP contribution is -2.00. The van der Waals surface area contributed by atoms with Crippen LogP contribution < -0.4 is 0 Å². The van der Waals surface area contributed by atoms with E-state index >= 15 is 0 Å². The van der Waals surface area contributed by atoms with E-state index in [9.17, 15) is 9.90 Å². The van der Waals surface area contributed by atoms with Gasteiger partial charge in [0.25, 0.3) is 0 Å². The molecule has 1 rings (SSSR count). The van der Waals surface area contributed by atoms with Crippen LogP contribution in [0.15, 0.2) is 0 Å². The molecule has 76 valence electrons. The molecule has 0 heterocycles. The molecule has 1 aromatic rings. The first-order valence-electron chi connectivity index (χ1n) is 3.16. The molecular formula is C7H2Cl4O3. The first-order chi connectivity index (χ1) is 6.37. The summed E-state index contributed by atoms with van der Waals surface area (Å²) in [6, 6.07) is 0. The van der Waals surface area contributed by atoms with Crippen molar-refractivity contribution in [3.8, 4) is 5.75 Å². The Labute approximate surface area is 98.8 Å². The summed E-state index contributed by atoms with van der Waals surface area (Å²) in [6.45, 7) is 0. The number of hydrogen-bond acceptors (Lipinski definition) is 2. The standard InChI is InChI=1S/C7H2Cl4O3/c8-2-1(7(13)14)3(9)6(12)5(11)4(2)10/h12H,(H,13,14). The average molecular weight is 276 g/mol. The lowest BCUT2D eigenvalue weighted by molar-refractivity contribution is 0.0697. The zero-order valence-corrected chi connectivity index (χ0v) is 9.34. The third kappa shape index (κ3) is 1.73. The summed E-state index contributed by atoms with van der Waals surface area (Å²) in [4.78, 5) is 10.7. The van der Waals surface area contributed by atoms with Crippen molar-refractivity contribution in [1.82, 2.24) is 0 Å². The number of carbonyl (C=O) groups is 1. The maximum absolute atomic E-state index is 10.7. The van der Waals surface area contributed by atoms with Crippen LogP contribution in [0.2, 0.25) is 20.1 Å². The van der Waals surface area contributed by atoms with E-state index in [4.69, 9.17) is 51.5 Å². The number of carboxylic acids is 1. The summed E-state index contributed by atoms with van der Waals surface area (Å²) in [7, 11) is 0. The minimum absolute atomic E-state index is 0.243. The van der Waals surface area contributed by atoms with Crippen LogP contribution in [-0.4, -0.2) is 16.2 Å². The summed E-state index contributed by atoms with van der Waals surface area (Å²) in [5, 5.41) is 16.7. The predicted molar refractivity (Wildman–Crippen MR) is 55.1 cm³/mol. The molecule has 0 saturated heterocycles. The van der Waals surface area contributed by atoms with Gasteiger partial charge >= 0.3 is 5.97 Å². The van der Waals surface area contributed by atoms with Gasteiger partial charge in [-0.05, 0) is 0 Å². The van der Waals surface area contributed by atoms with E-state index in [1.165, 1.54) is 0 Å². The molecule has 14 heavy (non-hydrogen) atoms. The van der Waals surface area contributed by atoms with Crippen molar-refractivity contribution in [2.75, 3.05) is 0 Å². The van der Waals surface area contributed by atoms with E-state index < -0.39 is 22.3 Å². The fourth-order valence-electron chi connectivity index (χ4n) is 0.809. The molecule has 3 nitrogen and oxygen atoms in total. The molecule has 0 fully saturated rings. The second-order valence-corrected chi connectivity index (χ2v) is 3.80. The van der Waals surface area contributed by atoms with Crippen LogP contribution in [0, 0.1) is 0 Å². The van der Waals surface area contributed by atoms with Crippen LogP contribution in [0.4, 0.5) is 0 Å². The molecule has 1 aromatic carbocycles. The van der Waals surface area contributed by atoms with Gasteiger partial charge in [-0.15, -0.1) is 0 Å². The smallest absolute Gasteiger partial charge is 0.338 e. The van der Waals surface area contributed by atoms with Gasteiger partial charge in [0.05, 0.1) is 10.0 Å². The van der Waals surface area contributed by atoms with Crippen molar-refractivity contribution < 1.29 is 15.0 Å². The van der Waals surface area contributed by atoms with Crippen molar-refractivity contribution in [3.05, 3.63) is 25.7 Å². The quantitative estimate of drug-likeness (QED) is 0.607. The predicted octanol–water partition coefficient (Wildman–Crippen LogP) is 3.70. The summed E-state index contributed by atoms with van der Waals surface area (Å²) < 4.78 is 0. The second-order valence-electron chi connectivity index (χ2n) is 2.28. The lowest BCUT2D eigenvalue weighted by Gasteiger charge is -2.08. The van der Waals surface area contributed by atoms with Gasteiger partial charge in [-0.1, -0.05) is 46.4 Å². The van der Waals surface area contributed by atoms with Gasteiger partial charge in [0, 0.05) is 0 Å². The van der Waals surface area contributed by atoms with Gasteiger partial charge < -0.3 is 10.2 Å². The summed E-state index contributed by atoms with van der Waals surface area (Å²) in [6.07, 6.45) is 0. The molecule has 0 aliphatic carbocycles. The number of halogens is 4. The molecule has 0 aliphatic heterocycles. The van der Waals surface area contributed by atoms with Crippen molar-refractivity contribution in [2.24, 2.45) is 0 Å². The Hall–Kier alpha value is -0.350. The summed E-state index contributed by atoms with van der Waals surface area (Å²) in [5.74, 6) is -1.99. The highest BCUT2D eigenvalue weighted by atomic mass is 35.5. The molecule has 7 heteroatoms. The lowest BCUT2D eigenvalue weighted by atomic mass is 10.2. The van der Waals surface area contributed by atoms with Crippen molar-refractivity contribution in [3.63, 3.8) is 0 Å². The minimum atomic E-state index is -1.39. The first-order valence-corrected chi connectivity index (χ1v) is 4.67. The Balaban J connectivity index is 3.68. The number of phenolic OH excluding ortho intramolecular Hbond substituents is 1. The van der Waals surface area contributed by atoms with Crippen LogP contribution in [0.3, 0.4) is 0 Å². The fraction of sp³-hybridized carbons (Fsp3) is 0. The third-order valence-corrected chi connectivity index (χ3v) is 3.14. The molecule has 0 radical (unpaired) electrons. The Morgan fingerprint density at radius 2 is 1.43 bits per heavy atom. The molecule has 0 bridgehead atoms. The molecule has 0 amide bonds. The van der Waals surface area contributed by atoms with Gasteiger partial charge in [-0.3, -0.25) is 0 Å². The van der Waals surface area contributed by atoms with Gasteiger partial charge in [-0.2, -0.15) is 0 Å². The number of aromatic hydroxyl groups is 1. The second kappa shape index (κ2) is 4.03. The maximum Gasteiger partial charge on any atom is 0.338 e. The van der Waals surface area contributed by atoms with Crippen LogP contribution in [0.5, 0.6) is 5.75 Å². The van der Waals surface area contributed by atoms with Crippen molar-refractivity contribution in [1.29, 1.82) is 0 Å². The number of phenols is 1. The van der Waals surface area contributed by atoms with Crippen LogP contribution >= 0.6 is 46.4 Å². The van der Waals surface area contributed by atoms with E-state index in [2.05, 4.69) is 0 Å². The Kier molecular flexibility index (Phi) is 3.37. The van der Waals surface area contributed by atoms with Crippen molar-refractivity contribution in [2.45, 2.75) is 0 Å². The molecule has 0 atom stereocenters. The normalized spacial score (nSPS) is 10.3. The highest BCUT2D eigenvalue weighted by Crippen LogP contribution is 2.44. The number of hydrogen-bond donors (Lipinski definition) is 2. The monoisotopic (exact) mass is 274 g/mol. The number of rotatable bonds is 1. The molecule has 0 aromatic heterocycles. The van der Waals surface area contributed by atoms with Gasteiger partial charge in [0.1, 0.15) is 15.6 Å². The highest BCUT2D eigenvalue weighted by molar-refractivity contribution is 6.52. The maximum atomic E-state index is 10.7. The number of benzene rings is 1. The van der Waals surface area contributed by atoms with Crippen molar-refractivity contribution >= 4 is 52.4 Å².